The van der Waals surface area contributed by atoms with Gasteiger partial charge in [-0.05, 0) is 56.0 Å². The second-order valence-electron chi connectivity index (χ2n) is 7.25. The van der Waals surface area contributed by atoms with Crippen LogP contribution < -0.4 is 10.6 Å². The van der Waals surface area contributed by atoms with Crippen molar-refractivity contribution >= 4 is 23.4 Å². The predicted molar refractivity (Wildman–Crippen MR) is 113 cm³/mol. The van der Waals surface area contributed by atoms with E-state index in [1.54, 1.807) is 18.2 Å². The van der Waals surface area contributed by atoms with Gasteiger partial charge in [-0.25, -0.2) is 0 Å². The minimum Gasteiger partial charge on any atom is -0.352 e. The minimum absolute atomic E-state index is 0.0275. The van der Waals surface area contributed by atoms with Crippen LogP contribution in [-0.4, -0.2) is 42.3 Å². The maximum atomic E-state index is 12.7. The van der Waals surface area contributed by atoms with Crippen molar-refractivity contribution in [2.75, 3.05) is 25.0 Å². The number of rotatable bonds is 7. The Labute approximate surface area is 171 Å². The number of carbonyl (C=O) groups excluding carboxylic acids is 3. The standard InChI is InChI=1S/C23H27N3O3/c1-17-19(23(29)26-15-5-6-16-26)11-7-12-20(17)25-21(27)13-8-14-24-22(28)18-9-3-2-4-10-18/h2-4,7,9-12H,5-6,8,13-16H2,1H3,(H,24,28)(H,25,27). The molecule has 0 aromatic heterocycles. The van der Waals surface area contributed by atoms with E-state index in [4.69, 9.17) is 0 Å². The Morgan fingerprint density at radius 3 is 2.41 bits per heavy atom. The fourth-order valence-corrected chi connectivity index (χ4v) is 3.45. The third-order valence-electron chi connectivity index (χ3n) is 5.13. The smallest absolute Gasteiger partial charge is 0.254 e. The van der Waals surface area contributed by atoms with Crippen LogP contribution >= 0.6 is 0 Å². The van der Waals surface area contributed by atoms with Crippen LogP contribution in [0.2, 0.25) is 0 Å². The summed E-state index contributed by atoms with van der Waals surface area (Å²) in [5.74, 6) is -0.248. The molecule has 1 aliphatic heterocycles. The molecule has 6 heteroatoms. The quantitative estimate of drug-likeness (QED) is 0.708. The first-order chi connectivity index (χ1) is 14.1. The van der Waals surface area contributed by atoms with E-state index in [2.05, 4.69) is 10.6 Å². The molecule has 0 aliphatic carbocycles. The fourth-order valence-electron chi connectivity index (χ4n) is 3.45. The van der Waals surface area contributed by atoms with Crippen LogP contribution in [0.4, 0.5) is 5.69 Å². The molecule has 2 aromatic rings. The molecule has 0 atom stereocenters. The van der Waals surface area contributed by atoms with Crippen molar-refractivity contribution in [1.82, 2.24) is 10.2 Å². The second kappa shape index (κ2) is 9.87. The van der Waals surface area contributed by atoms with Crippen LogP contribution in [0.25, 0.3) is 0 Å². The van der Waals surface area contributed by atoms with Gasteiger partial charge in [0.2, 0.25) is 5.91 Å². The average molecular weight is 393 g/mol. The Morgan fingerprint density at radius 1 is 0.966 bits per heavy atom. The maximum absolute atomic E-state index is 12.7. The topological polar surface area (TPSA) is 78.5 Å². The van der Waals surface area contributed by atoms with Crippen molar-refractivity contribution in [1.29, 1.82) is 0 Å². The van der Waals surface area contributed by atoms with Crippen molar-refractivity contribution in [3.63, 3.8) is 0 Å². The highest BCUT2D eigenvalue weighted by molar-refractivity contribution is 5.99. The summed E-state index contributed by atoms with van der Waals surface area (Å²) in [6.45, 7) is 3.87. The molecule has 0 spiro atoms. The number of hydrogen-bond acceptors (Lipinski definition) is 3. The van der Waals surface area contributed by atoms with E-state index in [1.807, 2.05) is 42.2 Å². The Balaban J connectivity index is 1.48. The molecule has 6 nitrogen and oxygen atoms in total. The van der Waals surface area contributed by atoms with Crippen molar-refractivity contribution in [3.05, 3.63) is 65.2 Å². The van der Waals surface area contributed by atoms with Crippen molar-refractivity contribution in [3.8, 4) is 0 Å². The van der Waals surface area contributed by atoms with Crippen LogP contribution in [0.1, 0.15) is 52.0 Å². The van der Waals surface area contributed by atoms with Crippen LogP contribution in [0.5, 0.6) is 0 Å². The van der Waals surface area contributed by atoms with Crippen molar-refractivity contribution in [2.45, 2.75) is 32.6 Å². The van der Waals surface area contributed by atoms with Gasteiger partial charge in [0.25, 0.3) is 11.8 Å². The highest BCUT2D eigenvalue weighted by Gasteiger charge is 2.22. The molecule has 0 unspecified atom stereocenters. The molecule has 2 N–H and O–H groups in total. The van der Waals surface area contributed by atoms with E-state index in [9.17, 15) is 14.4 Å². The third-order valence-corrected chi connectivity index (χ3v) is 5.13. The largest absolute Gasteiger partial charge is 0.352 e. The predicted octanol–water partition coefficient (Wildman–Crippen LogP) is 3.38. The molecule has 0 bridgehead atoms. The summed E-state index contributed by atoms with van der Waals surface area (Å²) in [5, 5.41) is 5.71. The van der Waals surface area contributed by atoms with E-state index in [-0.39, 0.29) is 17.7 Å². The lowest BCUT2D eigenvalue weighted by Gasteiger charge is -2.18. The van der Waals surface area contributed by atoms with E-state index in [0.29, 0.717) is 36.2 Å². The highest BCUT2D eigenvalue weighted by Crippen LogP contribution is 2.22. The van der Waals surface area contributed by atoms with Gasteiger partial charge in [-0.3, -0.25) is 14.4 Å². The van der Waals surface area contributed by atoms with Crippen LogP contribution in [0, 0.1) is 6.92 Å². The first kappa shape index (κ1) is 20.6. The number of benzene rings is 2. The molecular weight excluding hydrogens is 366 g/mol. The van der Waals surface area contributed by atoms with Gasteiger partial charge in [-0.1, -0.05) is 24.3 Å². The number of anilines is 1. The number of nitrogens with one attached hydrogen (secondary N) is 2. The lowest BCUT2D eigenvalue weighted by Crippen LogP contribution is -2.28. The SMILES string of the molecule is Cc1c(NC(=O)CCCNC(=O)c2ccccc2)cccc1C(=O)N1CCCC1. The zero-order valence-corrected chi connectivity index (χ0v) is 16.7. The molecule has 1 aliphatic rings. The third kappa shape index (κ3) is 5.44. The zero-order valence-electron chi connectivity index (χ0n) is 16.7. The molecule has 3 rings (SSSR count). The number of likely N-dealkylation sites (tertiary alicyclic amines) is 1. The second-order valence-corrected chi connectivity index (χ2v) is 7.25. The van der Waals surface area contributed by atoms with E-state index in [0.717, 1.165) is 31.5 Å². The van der Waals surface area contributed by atoms with Gasteiger partial charge >= 0.3 is 0 Å². The maximum Gasteiger partial charge on any atom is 0.254 e. The van der Waals surface area contributed by atoms with Crippen LogP contribution in [0.15, 0.2) is 48.5 Å². The first-order valence-electron chi connectivity index (χ1n) is 10.1. The number of hydrogen-bond donors (Lipinski definition) is 2. The van der Waals surface area contributed by atoms with Gasteiger partial charge in [0.15, 0.2) is 0 Å². The summed E-state index contributed by atoms with van der Waals surface area (Å²) in [7, 11) is 0. The van der Waals surface area contributed by atoms with Crippen molar-refractivity contribution < 1.29 is 14.4 Å². The first-order valence-corrected chi connectivity index (χ1v) is 10.1. The van der Waals surface area contributed by atoms with Crippen molar-refractivity contribution in [2.24, 2.45) is 0 Å². The lowest BCUT2D eigenvalue weighted by molar-refractivity contribution is -0.116. The molecule has 1 fully saturated rings. The van der Waals surface area contributed by atoms with E-state index in [1.165, 1.54) is 0 Å². The Bertz CT molecular complexity index is 874. The molecule has 2 aromatic carbocycles. The highest BCUT2D eigenvalue weighted by atomic mass is 16.2. The molecule has 3 amide bonds. The Hall–Kier alpha value is -3.15. The zero-order chi connectivity index (χ0) is 20.6. The summed E-state index contributed by atoms with van der Waals surface area (Å²) < 4.78 is 0. The fraction of sp³-hybridized carbons (Fsp3) is 0.348. The monoisotopic (exact) mass is 393 g/mol. The molecule has 0 radical (unpaired) electrons. The summed E-state index contributed by atoms with van der Waals surface area (Å²) in [5.41, 5.74) is 2.69. The molecule has 1 heterocycles. The number of nitrogens with zero attached hydrogens (tertiary/aromatic N) is 1. The summed E-state index contributed by atoms with van der Waals surface area (Å²) in [4.78, 5) is 38.8. The lowest BCUT2D eigenvalue weighted by atomic mass is 10.1. The van der Waals surface area contributed by atoms with Gasteiger partial charge in [0.1, 0.15) is 0 Å². The number of amides is 3. The molecular formula is C23H27N3O3. The van der Waals surface area contributed by atoms with Gasteiger partial charge in [0, 0.05) is 42.9 Å². The van der Waals surface area contributed by atoms with Gasteiger partial charge in [0.05, 0.1) is 0 Å². The van der Waals surface area contributed by atoms with Gasteiger partial charge < -0.3 is 15.5 Å². The Morgan fingerprint density at radius 2 is 1.69 bits per heavy atom. The molecule has 0 saturated carbocycles. The Kier molecular flexibility index (Phi) is 7.00. The normalized spacial score (nSPS) is 13.2. The van der Waals surface area contributed by atoms with Gasteiger partial charge in [-0.2, -0.15) is 0 Å². The molecule has 29 heavy (non-hydrogen) atoms. The summed E-state index contributed by atoms with van der Waals surface area (Å²) >= 11 is 0. The molecule has 1 saturated heterocycles. The van der Waals surface area contributed by atoms with E-state index >= 15 is 0 Å². The minimum atomic E-state index is -0.144. The number of carbonyl (C=O) groups is 3. The van der Waals surface area contributed by atoms with Crippen LogP contribution in [-0.2, 0) is 4.79 Å². The van der Waals surface area contributed by atoms with Crippen LogP contribution in [0.3, 0.4) is 0 Å². The van der Waals surface area contributed by atoms with Gasteiger partial charge in [-0.15, -0.1) is 0 Å². The summed E-state index contributed by atoms with van der Waals surface area (Å²) in [6, 6.07) is 14.4. The summed E-state index contributed by atoms with van der Waals surface area (Å²) in [6.07, 6.45) is 2.92. The van der Waals surface area contributed by atoms with E-state index < -0.39 is 0 Å². The average Bonchev–Trinajstić information content (AvgIpc) is 3.28. The molecule has 152 valence electrons.